The average Bonchev–Trinajstić information content (AvgIpc) is 2.98. The molecule has 1 amide bonds. The van der Waals surface area contributed by atoms with E-state index in [0.717, 1.165) is 0 Å². The molecule has 8 heteroatoms. The van der Waals surface area contributed by atoms with E-state index in [-0.39, 0.29) is 10.6 Å². The van der Waals surface area contributed by atoms with E-state index in [1.165, 1.54) is 18.3 Å². The van der Waals surface area contributed by atoms with Gasteiger partial charge in [0.15, 0.2) is 0 Å². The Morgan fingerprint density at radius 1 is 1.08 bits per heavy atom. The highest BCUT2D eigenvalue weighted by Crippen LogP contribution is 2.21. The molecular formula is C17H14ClN3O3S. The summed E-state index contributed by atoms with van der Waals surface area (Å²) in [6.45, 7) is 1.70. The minimum atomic E-state index is -3.96. The standard InChI is InChI=1S/C17H14ClN3O3S/c1-12-19-15(11-21(12)16-10-6-5-9-14(16)18)17(22)20-25(23,24)13-7-3-2-4-8-13/h2-11H,1H3,(H,20,22). The number of benzene rings is 2. The molecule has 1 aromatic heterocycles. The van der Waals surface area contributed by atoms with E-state index in [1.54, 1.807) is 54.0 Å². The zero-order chi connectivity index (χ0) is 18.0. The summed E-state index contributed by atoms with van der Waals surface area (Å²) in [7, 11) is -3.96. The molecule has 3 aromatic rings. The summed E-state index contributed by atoms with van der Waals surface area (Å²) >= 11 is 6.16. The highest BCUT2D eigenvalue weighted by atomic mass is 35.5. The number of aromatic nitrogens is 2. The van der Waals surface area contributed by atoms with Gasteiger partial charge in [-0.1, -0.05) is 41.9 Å². The first kappa shape index (κ1) is 17.2. The Kier molecular flexibility index (Phi) is 4.61. The fraction of sp³-hybridized carbons (Fsp3) is 0.0588. The molecule has 0 aliphatic heterocycles. The van der Waals surface area contributed by atoms with Crippen LogP contribution in [0, 0.1) is 6.92 Å². The quantitative estimate of drug-likeness (QED) is 0.760. The van der Waals surface area contributed by atoms with Crippen molar-refractivity contribution in [1.82, 2.24) is 14.3 Å². The number of aryl methyl sites for hydroxylation is 1. The number of nitrogens with zero attached hydrogens (tertiary/aromatic N) is 2. The Morgan fingerprint density at radius 3 is 2.40 bits per heavy atom. The zero-order valence-electron chi connectivity index (χ0n) is 13.2. The number of sulfonamides is 1. The van der Waals surface area contributed by atoms with Crippen LogP contribution in [0.2, 0.25) is 5.02 Å². The summed E-state index contributed by atoms with van der Waals surface area (Å²) < 4.78 is 28.1. The highest BCUT2D eigenvalue weighted by molar-refractivity contribution is 7.90. The maximum atomic E-state index is 12.3. The molecular weight excluding hydrogens is 362 g/mol. The SMILES string of the molecule is Cc1nc(C(=O)NS(=O)(=O)c2ccccc2)cn1-c1ccccc1Cl. The van der Waals surface area contributed by atoms with Crippen molar-refractivity contribution in [1.29, 1.82) is 0 Å². The lowest BCUT2D eigenvalue weighted by atomic mass is 10.3. The molecule has 0 radical (unpaired) electrons. The van der Waals surface area contributed by atoms with Crippen molar-refractivity contribution in [2.24, 2.45) is 0 Å². The van der Waals surface area contributed by atoms with Crippen molar-refractivity contribution in [3.05, 3.63) is 77.3 Å². The Bertz CT molecular complexity index is 1030. The van der Waals surface area contributed by atoms with Gasteiger partial charge in [0.25, 0.3) is 15.9 Å². The molecule has 6 nitrogen and oxygen atoms in total. The first-order valence-electron chi connectivity index (χ1n) is 7.31. The Morgan fingerprint density at radius 2 is 1.72 bits per heavy atom. The molecule has 0 atom stereocenters. The molecule has 0 unspecified atom stereocenters. The molecule has 0 aliphatic carbocycles. The molecule has 25 heavy (non-hydrogen) atoms. The van der Waals surface area contributed by atoms with Gasteiger partial charge in [-0.15, -0.1) is 0 Å². The van der Waals surface area contributed by atoms with E-state index in [0.29, 0.717) is 16.5 Å². The van der Waals surface area contributed by atoms with Gasteiger partial charge in [0.1, 0.15) is 11.5 Å². The van der Waals surface area contributed by atoms with Crippen molar-refractivity contribution in [2.45, 2.75) is 11.8 Å². The molecule has 0 spiro atoms. The minimum Gasteiger partial charge on any atom is -0.302 e. The van der Waals surface area contributed by atoms with Crippen molar-refractivity contribution < 1.29 is 13.2 Å². The van der Waals surface area contributed by atoms with Crippen molar-refractivity contribution in [3.8, 4) is 5.69 Å². The largest absolute Gasteiger partial charge is 0.302 e. The Balaban J connectivity index is 1.90. The van der Waals surface area contributed by atoms with Crippen molar-refractivity contribution in [2.75, 3.05) is 0 Å². The maximum absolute atomic E-state index is 12.3. The van der Waals surface area contributed by atoms with Crippen LogP contribution in [0.15, 0.2) is 65.7 Å². The van der Waals surface area contributed by atoms with E-state index in [9.17, 15) is 13.2 Å². The van der Waals surface area contributed by atoms with Crippen LogP contribution < -0.4 is 4.72 Å². The second kappa shape index (κ2) is 6.70. The number of hydrogen-bond donors (Lipinski definition) is 1. The predicted molar refractivity (Wildman–Crippen MR) is 94.4 cm³/mol. The van der Waals surface area contributed by atoms with Gasteiger partial charge >= 0.3 is 0 Å². The lowest BCUT2D eigenvalue weighted by molar-refractivity contribution is 0.0977. The molecule has 0 aliphatic rings. The molecule has 1 heterocycles. The van der Waals surface area contributed by atoms with Crippen molar-refractivity contribution >= 4 is 27.5 Å². The first-order chi connectivity index (χ1) is 11.9. The van der Waals surface area contributed by atoms with Gasteiger partial charge < -0.3 is 4.57 Å². The van der Waals surface area contributed by atoms with Crippen LogP contribution in [0.4, 0.5) is 0 Å². The number of imidazole rings is 1. The van der Waals surface area contributed by atoms with Gasteiger partial charge in [0.05, 0.1) is 15.6 Å². The van der Waals surface area contributed by atoms with Crippen LogP contribution in [-0.2, 0) is 10.0 Å². The molecule has 1 N–H and O–H groups in total. The number of nitrogens with one attached hydrogen (secondary N) is 1. The average molecular weight is 376 g/mol. The summed E-state index contributed by atoms with van der Waals surface area (Å²) in [5.74, 6) is -0.298. The van der Waals surface area contributed by atoms with E-state index >= 15 is 0 Å². The number of amides is 1. The van der Waals surface area contributed by atoms with Crippen LogP contribution in [0.25, 0.3) is 5.69 Å². The fourth-order valence-corrected chi connectivity index (χ4v) is 3.51. The van der Waals surface area contributed by atoms with Crippen LogP contribution in [-0.4, -0.2) is 23.9 Å². The number of halogens is 1. The molecule has 3 rings (SSSR count). The lowest BCUT2D eigenvalue weighted by Gasteiger charge is -2.06. The molecule has 2 aromatic carbocycles. The summed E-state index contributed by atoms with van der Waals surface area (Å²) in [5.41, 5.74) is 0.635. The van der Waals surface area contributed by atoms with E-state index in [4.69, 9.17) is 11.6 Å². The maximum Gasteiger partial charge on any atom is 0.285 e. The number of hydrogen-bond acceptors (Lipinski definition) is 4. The van der Waals surface area contributed by atoms with Gasteiger partial charge in [-0.25, -0.2) is 18.1 Å². The fourth-order valence-electron chi connectivity index (χ4n) is 2.31. The number of rotatable bonds is 4. The molecule has 0 fully saturated rings. The third kappa shape index (κ3) is 3.57. The number of carbonyl (C=O) groups excluding carboxylic acids is 1. The minimum absolute atomic E-state index is 0.00519. The molecule has 0 saturated carbocycles. The van der Waals surface area contributed by atoms with E-state index in [1.807, 2.05) is 4.72 Å². The van der Waals surface area contributed by atoms with Gasteiger partial charge in [-0.05, 0) is 31.2 Å². The second-order valence-corrected chi connectivity index (χ2v) is 7.33. The third-order valence-electron chi connectivity index (χ3n) is 3.51. The van der Waals surface area contributed by atoms with Crippen LogP contribution in [0.1, 0.15) is 16.3 Å². The normalized spacial score (nSPS) is 11.3. The van der Waals surface area contributed by atoms with Gasteiger partial charge in [-0.3, -0.25) is 4.79 Å². The Hall–Kier alpha value is -2.64. The number of carbonyl (C=O) groups is 1. The summed E-state index contributed by atoms with van der Waals surface area (Å²) in [4.78, 5) is 16.5. The second-order valence-electron chi connectivity index (χ2n) is 5.24. The van der Waals surface area contributed by atoms with E-state index < -0.39 is 15.9 Å². The Labute approximate surface area is 150 Å². The molecule has 128 valence electrons. The summed E-state index contributed by atoms with van der Waals surface area (Å²) in [6.07, 6.45) is 1.45. The summed E-state index contributed by atoms with van der Waals surface area (Å²) in [5, 5.41) is 0.492. The first-order valence-corrected chi connectivity index (χ1v) is 9.18. The van der Waals surface area contributed by atoms with Crippen LogP contribution in [0.5, 0.6) is 0 Å². The highest BCUT2D eigenvalue weighted by Gasteiger charge is 2.21. The monoisotopic (exact) mass is 375 g/mol. The number of para-hydroxylation sites is 1. The van der Waals surface area contributed by atoms with Crippen LogP contribution in [0.3, 0.4) is 0 Å². The summed E-state index contributed by atoms with van der Waals surface area (Å²) in [6, 6.07) is 14.8. The van der Waals surface area contributed by atoms with Gasteiger partial charge in [-0.2, -0.15) is 0 Å². The van der Waals surface area contributed by atoms with Crippen LogP contribution >= 0.6 is 11.6 Å². The smallest absolute Gasteiger partial charge is 0.285 e. The topological polar surface area (TPSA) is 81.1 Å². The molecule has 0 saturated heterocycles. The third-order valence-corrected chi connectivity index (χ3v) is 5.17. The van der Waals surface area contributed by atoms with E-state index in [2.05, 4.69) is 4.98 Å². The van der Waals surface area contributed by atoms with Gasteiger partial charge in [0.2, 0.25) is 0 Å². The molecule has 0 bridgehead atoms. The van der Waals surface area contributed by atoms with Gasteiger partial charge in [0, 0.05) is 6.20 Å². The lowest BCUT2D eigenvalue weighted by Crippen LogP contribution is -2.30. The predicted octanol–water partition coefficient (Wildman–Crippen LogP) is 2.95. The zero-order valence-corrected chi connectivity index (χ0v) is 14.8. The van der Waals surface area contributed by atoms with Crippen molar-refractivity contribution in [3.63, 3.8) is 0 Å².